The molecule has 0 saturated carbocycles. The fourth-order valence-corrected chi connectivity index (χ4v) is 1.77. The Hall–Kier alpha value is -1.87. The summed E-state index contributed by atoms with van der Waals surface area (Å²) < 4.78 is 13.6. The van der Waals surface area contributed by atoms with Gasteiger partial charge in [0.2, 0.25) is 0 Å². The lowest BCUT2D eigenvalue weighted by molar-refractivity contribution is 0.0989. The molecule has 18 heavy (non-hydrogen) atoms. The molecule has 0 unspecified atom stereocenters. The van der Waals surface area contributed by atoms with E-state index in [1.165, 1.54) is 17.0 Å². The van der Waals surface area contributed by atoms with Gasteiger partial charge in [-0.05, 0) is 30.3 Å². The minimum absolute atomic E-state index is 0.00533. The first-order valence-corrected chi connectivity index (χ1v) is 5.75. The molecule has 2 rings (SSSR count). The molecule has 92 valence electrons. The zero-order chi connectivity index (χ0) is 13.1. The Balaban J connectivity index is 2.32. The van der Waals surface area contributed by atoms with Crippen LogP contribution in [-0.4, -0.2) is 13.0 Å². The lowest BCUT2D eigenvalue weighted by atomic mass is 10.1. The summed E-state index contributed by atoms with van der Waals surface area (Å²) in [7, 11) is 1.60. The van der Waals surface area contributed by atoms with Gasteiger partial charge in [-0.25, -0.2) is 4.39 Å². The summed E-state index contributed by atoms with van der Waals surface area (Å²) in [5.74, 6) is -1.02. The van der Waals surface area contributed by atoms with Crippen LogP contribution in [0.2, 0.25) is 5.02 Å². The third-order valence-corrected chi connectivity index (χ3v) is 2.84. The van der Waals surface area contributed by atoms with Gasteiger partial charge < -0.3 is 4.90 Å². The number of anilines is 1. The van der Waals surface area contributed by atoms with Crippen molar-refractivity contribution in [3.63, 3.8) is 0 Å². The lowest BCUT2D eigenvalue weighted by Gasteiger charge is -2.17. The highest BCUT2D eigenvalue weighted by molar-refractivity contribution is 6.30. The van der Waals surface area contributed by atoms with Crippen LogP contribution in [-0.2, 0) is 0 Å². The Kier molecular flexibility index (Phi) is 3.63. The van der Waals surface area contributed by atoms with Crippen molar-refractivity contribution in [2.45, 2.75) is 0 Å². The fourth-order valence-electron chi connectivity index (χ4n) is 1.61. The molecule has 0 N–H and O–H groups in total. The molecule has 0 saturated heterocycles. The molecule has 0 radical (unpaired) electrons. The van der Waals surface area contributed by atoms with Crippen LogP contribution < -0.4 is 4.90 Å². The molecule has 0 spiro atoms. The number of hydrogen-bond acceptors (Lipinski definition) is 1. The molecule has 2 aromatic rings. The minimum atomic E-state index is -0.615. The SMILES string of the molecule is CN(C(=O)c1ccc(Cl)cc1F)c1ccccc1. The molecule has 4 heteroatoms. The molecule has 0 atom stereocenters. The van der Waals surface area contributed by atoms with E-state index < -0.39 is 11.7 Å². The number of amides is 1. The van der Waals surface area contributed by atoms with E-state index in [-0.39, 0.29) is 10.6 Å². The van der Waals surface area contributed by atoms with Crippen molar-refractivity contribution in [2.24, 2.45) is 0 Å². The van der Waals surface area contributed by atoms with Crippen molar-refractivity contribution >= 4 is 23.2 Å². The Morgan fingerprint density at radius 2 is 1.83 bits per heavy atom. The number of para-hydroxylation sites is 1. The third-order valence-electron chi connectivity index (χ3n) is 2.61. The van der Waals surface area contributed by atoms with Crippen LogP contribution in [0.3, 0.4) is 0 Å². The number of carbonyl (C=O) groups is 1. The molecule has 0 aliphatic rings. The van der Waals surface area contributed by atoms with Crippen LogP contribution in [0.15, 0.2) is 48.5 Å². The van der Waals surface area contributed by atoms with Gasteiger partial charge >= 0.3 is 0 Å². The number of hydrogen-bond donors (Lipinski definition) is 0. The maximum Gasteiger partial charge on any atom is 0.260 e. The van der Waals surface area contributed by atoms with Crippen molar-refractivity contribution in [1.29, 1.82) is 0 Å². The van der Waals surface area contributed by atoms with Crippen molar-refractivity contribution in [2.75, 3.05) is 11.9 Å². The topological polar surface area (TPSA) is 20.3 Å². The van der Waals surface area contributed by atoms with Gasteiger partial charge in [-0.2, -0.15) is 0 Å². The van der Waals surface area contributed by atoms with Crippen LogP contribution in [0.5, 0.6) is 0 Å². The largest absolute Gasteiger partial charge is 0.311 e. The predicted octanol–water partition coefficient (Wildman–Crippen LogP) is 3.76. The summed E-state index contributed by atoms with van der Waals surface area (Å²) in [6.45, 7) is 0. The van der Waals surface area contributed by atoms with E-state index in [4.69, 9.17) is 11.6 Å². The number of halogens is 2. The Morgan fingerprint density at radius 3 is 2.44 bits per heavy atom. The van der Waals surface area contributed by atoms with Crippen molar-refractivity contribution in [1.82, 2.24) is 0 Å². The summed E-state index contributed by atoms with van der Waals surface area (Å²) in [4.78, 5) is 13.5. The Morgan fingerprint density at radius 1 is 1.17 bits per heavy atom. The maximum absolute atomic E-state index is 13.6. The molecule has 0 fully saturated rings. The van der Waals surface area contributed by atoms with Crippen LogP contribution in [0, 0.1) is 5.82 Å². The van der Waals surface area contributed by atoms with Crippen LogP contribution in [0.4, 0.5) is 10.1 Å². The van der Waals surface area contributed by atoms with E-state index in [9.17, 15) is 9.18 Å². The number of rotatable bonds is 2. The molecular weight excluding hydrogens is 253 g/mol. The van der Waals surface area contributed by atoms with E-state index in [0.29, 0.717) is 5.69 Å². The van der Waals surface area contributed by atoms with Gasteiger partial charge in [0.15, 0.2) is 0 Å². The zero-order valence-electron chi connectivity index (χ0n) is 9.73. The molecule has 0 aliphatic heterocycles. The van der Waals surface area contributed by atoms with Gasteiger partial charge in [0.1, 0.15) is 5.82 Å². The highest BCUT2D eigenvalue weighted by Gasteiger charge is 2.17. The van der Waals surface area contributed by atoms with Crippen LogP contribution in [0.25, 0.3) is 0 Å². The number of benzene rings is 2. The molecule has 0 aromatic heterocycles. The van der Waals surface area contributed by atoms with Gasteiger partial charge in [-0.1, -0.05) is 29.8 Å². The van der Waals surface area contributed by atoms with Crippen molar-refractivity contribution in [3.05, 3.63) is 64.9 Å². The van der Waals surface area contributed by atoms with Gasteiger partial charge in [0, 0.05) is 17.8 Å². The average molecular weight is 264 g/mol. The van der Waals surface area contributed by atoms with E-state index in [0.717, 1.165) is 6.07 Å². The van der Waals surface area contributed by atoms with Crippen LogP contribution in [0.1, 0.15) is 10.4 Å². The monoisotopic (exact) mass is 263 g/mol. The predicted molar refractivity (Wildman–Crippen MR) is 70.6 cm³/mol. The molecule has 0 heterocycles. The fraction of sp³-hybridized carbons (Fsp3) is 0.0714. The van der Waals surface area contributed by atoms with E-state index in [1.807, 2.05) is 18.2 Å². The Bertz CT molecular complexity index is 571. The maximum atomic E-state index is 13.6. The first-order valence-electron chi connectivity index (χ1n) is 5.38. The van der Waals surface area contributed by atoms with Crippen LogP contribution >= 0.6 is 11.6 Å². The van der Waals surface area contributed by atoms with Gasteiger partial charge in [0.25, 0.3) is 5.91 Å². The molecule has 0 bridgehead atoms. The molecule has 1 amide bonds. The second-order valence-electron chi connectivity index (χ2n) is 3.82. The molecular formula is C14H11ClFNO. The molecule has 0 aliphatic carbocycles. The Labute approximate surface area is 110 Å². The van der Waals surface area contributed by atoms with E-state index in [1.54, 1.807) is 19.2 Å². The van der Waals surface area contributed by atoms with Gasteiger partial charge in [-0.15, -0.1) is 0 Å². The summed E-state index contributed by atoms with van der Waals surface area (Å²) >= 11 is 5.65. The highest BCUT2D eigenvalue weighted by Crippen LogP contribution is 2.19. The second kappa shape index (κ2) is 5.19. The van der Waals surface area contributed by atoms with Crippen molar-refractivity contribution in [3.8, 4) is 0 Å². The number of carbonyl (C=O) groups excluding carboxylic acids is 1. The zero-order valence-corrected chi connectivity index (χ0v) is 10.5. The molecule has 2 nitrogen and oxygen atoms in total. The highest BCUT2D eigenvalue weighted by atomic mass is 35.5. The van der Waals surface area contributed by atoms with Gasteiger partial charge in [-0.3, -0.25) is 4.79 Å². The van der Waals surface area contributed by atoms with E-state index in [2.05, 4.69) is 0 Å². The quantitative estimate of drug-likeness (QED) is 0.808. The summed E-state index contributed by atoms with van der Waals surface area (Å²) in [5.41, 5.74) is 0.711. The standard InChI is InChI=1S/C14H11ClFNO/c1-17(11-5-3-2-4-6-11)14(18)12-8-7-10(15)9-13(12)16/h2-9H,1H3. The minimum Gasteiger partial charge on any atom is -0.311 e. The van der Waals surface area contributed by atoms with Crippen molar-refractivity contribution < 1.29 is 9.18 Å². The average Bonchev–Trinajstić information content (AvgIpc) is 2.38. The van der Waals surface area contributed by atoms with Gasteiger partial charge in [0.05, 0.1) is 5.56 Å². The lowest BCUT2D eigenvalue weighted by Crippen LogP contribution is -2.27. The normalized spacial score (nSPS) is 10.2. The first kappa shape index (κ1) is 12.6. The third kappa shape index (κ3) is 2.51. The van der Waals surface area contributed by atoms with E-state index >= 15 is 0 Å². The summed E-state index contributed by atoms with van der Waals surface area (Å²) in [6.07, 6.45) is 0. The smallest absolute Gasteiger partial charge is 0.260 e. The molecule has 2 aromatic carbocycles. The first-order chi connectivity index (χ1) is 8.59. The summed E-state index contributed by atoms with van der Waals surface area (Å²) in [5, 5.41) is 0.270. The number of nitrogens with zero attached hydrogens (tertiary/aromatic N) is 1. The second-order valence-corrected chi connectivity index (χ2v) is 4.26. The summed E-state index contributed by atoms with van der Waals surface area (Å²) in [6, 6.07) is 13.1.